The lowest BCUT2D eigenvalue weighted by Crippen LogP contribution is -2.41. The van der Waals surface area contributed by atoms with Gasteiger partial charge in [-0.25, -0.2) is 9.67 Å². The largest absolute Gasteiger partial charge is 0.490 e. The molecule has 0 aliphatic carbocycles. The van der Waals surface area contributed by atoms with Crippen LogP contribution in [0.2, 0.25) is 0 Å². The summed E-state index contributed by atoms with van der Waals surface area (Å²) >= 11 is 0. The zero-order chi connectivity index (χ0) is 18.6. The Morgan fingerprint density at radius 2 is 2.00 bits per heavy atom. The van der Waals surface area contributed by atoms with Gasteiger partial charge in [0, 0.05) is 44.5 Å². The maximum absolute atomic E-state index is 12.7. The van der Waals surface area contributed by atoms with Gasteiger partial charge >= 0.3 is 0 Å². The number of aromatic nitrogens is 3. The van der Waals surface area contributed by atoms with E-state index in [2.05, 4.69) is 23.1 Å². The van der Waals surface area contributed by atoms with Crippen LogP contribution >= 0.6 is 0 Å². The molecule has 6 heteroatoms. The van der Waals surface area contributed by atoms with Crippen molar-refractivity contribution >= 4 is 5.91 Å². The van der Waals surface area contributed by atoms with Crippen molar-refractivity contribution in [3.8, 4) is 11.6 Å². The van der Waals surface area contributed by atoms with Crippen LogP contribution in [0.4, 0.5) is 0 Å². The molecular formula is C21H22N4O2. The average Bonchev–Trinajstić information content (AvgIpc) is 3.23. The quantitative estimate of drug-likeness (QED) is 0.715. The first-order valence-corrected chi connectivity index (χ1v) is 9.18. The number of aryl methyl sites for hydroxylation is 1. The van der Waals surface area contributed by atoms with E-state index in [9.17, 15) is 4.79 Å². The van der Waals surface area contributed by atoms with Crippen molar-refractivity contribution in [1.82, 2.24) is 19.7 Å². The molecule has 27 heavy (non-hydrogen) atoms. The fourth-order valence-electron chi connectivity index (χ4n) is 3.29. The third-order valence-electron chi connectivity index (χ3n) is 4.76. The number of carbonyl (C=O) groups excluding carboxylic acids is 1. The monoisotopic (exact) mass is 362 g/mol. The molecule has 1 aliphatic rings. The predicted molar refractivity (Wildman–Crippen MR) is 102 cm³/mol. The molecule has 0 radical (unpaired) electrons. The highest BCUT2D eigenvalue weighted by molar-refractivity contribution is 5.94. The van der Waals surface area contributed by atoms with Crippen molar-refractivity contribution in [2.75, 3.05) is 13.1 Å². The molecule has 6 nitrogen and oxygen atoms in total. The van der Waals surface area contributed by atoms with Crippen LogP contribution in [0.5, 0.6) is 5.75 Å². The summed E-state index contributed by atoms with van der Waals surface area (Å²) in [7, 11) is 0. The van der Waals surface area contributed by atoms with Crippen molar-refractivity contribution in [2.45, 2.75) is 25.9 Å². The molecule has 1 aromatic carbocycles. The van der Waals surface area contributed by atoms with Crippen LogP contribution in [-0.2, 0) is 0 Å². The van der Waals surface area contributed by atoms with Gasteiger partial charge in [-0.15, -0.1) is 0 Å². The molecule has 3 aromatic rings. The van der Waals surface area contributed by atoms with Gasteiger partial charge in [-0.05, 0) is 42.8 Å². The maximum atomic E-state index is 12.7. The average molecular weight is 362 g/mol. The summed E-state index contributed by atoms with van der Waals surface area (Å²) in [5.41, 5.74) is 1.79. The number of carbonyl (C=O) groups is 1. The molecule has 0 N–H and O–H groups in total. The molecule has 0 unspecified atom stereocenters. The number of nitrogens with zero attached hydrogens (tertiary/aromatic N) is 4. The molecule has 4 rings (SSSR count). The summed E-state index contributed by atoms with van der Waals surface area (Å²) in [5.74, 6) is 1.61. The zero-order valence-electron chi connectivity index (χ0n) is 15.3. The van der Waals surface area contributed by atoms with Crippen LogP contribution in [0.25, 0.3) is 5.82 Å². The maximum Gasteiger partial charge on any atom is 0.255 e. The summed E-state index contributed by atoms with van der Waals surface area (Å²) in [6, 6.07) is 13.5. The van der Waals surface area contributed by atoms with E-state index in [1.165, 1.54) is 5.56 Å². The molecule has 3 heterocycles. The van der Waals surface area contributed by atoms with E-state index in [4.69, 9.17) is 4.74 Å². The fourth-order valence-corrected chi connectivity index (χ4v) is 3.29. The first-order valence-electron chi connectivity index (χ1n) is 9.18. The smallest absolute Gasteiger partial charge is 0.255 e. The van der Waals surface area contributed by atoms with E-state index in [1.54, 1.807) is 17.1 Å². The zero-order valence-corrected chi connectivity index (χ0v) is 15.3. The van der Waals surface area contributed by atoms with E-state index in [0.29, 0.717) is 24.5 Å². The lowest BCUT2D eigenvalue weighted by Gasteiger charge is -2.32. The predicted octanol–water partition coefficient (Wildman–Crippen LogP) is 3.26. The van der Waals surface area contributed by atoms with E-state index >= 15 is 0 Å². The van der Waals surface area contributed by atoms with Crippen LogP contribution in [0.1, 0.15) is 28.8 Å². The highest BCUT2D eigenvalue weighted by atomic mass is 16.5. The molecule has 1 aliphatic heterocycles. The Morgan fingerprint density at radius 1 is 1.15 bits per heavy atom. The van der Waals surface area contributed by atoms with Crippen LogP contribution in [0, 0.1) is 6.92 Å². The van der Waals surface area contributed by atoms with E-state index in [1.807, 2.05) is 47.5 Å². The molecule has 0 atom stereocenters. The lowest BCUT2D eigenvalue weighted by molar-refractivity contribution is 0.0595. The van der Waals surface area contributed by atoms with Crippen molar-refractivity contribution in [2.24, 2.45) is 0 Å². The first kappa shape index (κ1) is 17.3. The number of ether oxygens (including phenoxy) is 1. The topological polar surface area (TPSA) is 60.2 Å². The Kier molecular flexibility index (Phi) is 4.87. The Bertz CT molecular complexity index is 898. The van der Waals surface area contributed by atoms with Crippen LogP contribution < -0.4 is 4.74 Å². The number of hydrogen-bond donors (Lipinski definition) is 0. The van der Waals surface area contributed by atoms with Gasteiger partial charge < -0.3 is 9.64 Å². The van der Waals surface area contributed by atoms with Gasteiger partial charge in [-0.2, -0.15) is 5.10 Å². The number of rotatable bonds is 4. The minimum absolute atomic E-state index is 0.0171. The van der Waals surface area contributed by atoms with Crippen LogP contribution in [-0.4, -0.2) is 44.8 Å². The lowest BCUT2D eigenvalue weighted by atomic mass is 10.1. The summed E-state index contributed by atoms with van der Waals surface area (Å²) in [6.07, 6.45) is 6.95. The summed E-state index contributed by atoms with van der Waals surface area (Å²) < 4.78 is 7.74. The van der Waals surface area contributed by atoms with E-state index in [0.717, 1.165) is 18.6 Å². The second-order valence-corrected chi connectivity index (χ2v) is 6.78. The minimum atomic E-state index is 0.0171. The van der Waals surface area contributed by atoms with Crippen molar-refractivity contribution in [1.29, 1.82) is 0 Å². The molecule has 0 saturated carbocycles. The third-order valence-corrected chi connectivity index (χ3v) is 4.76. The number of benzene rings is 1. The molecule has 0 spiro atoms. The number of amides is 1. The number of piperidine rings is 1. The molecule has 0 bridgehead atoms. The Morgan fingerprint density at radius 3 is 2.67 bits per heavy atom. The van der Waals surface area contributed by atoms with Crippen molar-refractivity contribution in [3.05, 3.63) is 72.2 Å². The summed E-state index contributed by atoms with van der Waals surface area (Å²) in [6.45, 7) is 3.44. The van der Waals surface area contributed by atoms with E-state index in [-0.39, 0.29) is 12.0 Å². The Labute approximate surface area is 158 Å². The van der Waals surface area contributed by atoms with Crippen molar-refractivity contribution < 1.29 is 9.53 Å². The molecule has 1 fully saturated rings. The Balaban J connectivity index is 1.34. The van der Waals surface area contributed by atoms with Gasteiger partial charge in [0.1, 0.15) is 11.9 Å². The normalized spacial score (nSPS) is 14.9. The SMILES string of the molecule is Cc1cccc(OC2CCN(C(=O)c3ccc(-n4cccn4)nc3)CC2)c1. The van der Waals surface area contributed by atoms with Crippen molar-refractivity contribution in [3.63, 3.8) is 0 Å². The first-order chi connectivity index (χ1) is 13.2. The van der Waals surface area contributed by atoms with E-state index < -0.39 is 0 Å². The van der Waals surface area contributed by atoms with Gasteiger partial charge in [0.25, 0.3) is 5.91 Å². The molecule has 1 amide bonds. The minimum Gasteiger partial charge on any atom is -0.490 e. The standard InChI is InChI=1S/C21H22N4O2/c1-16-4-2-5-19(14-16)27-18-8-12-24(13-9-18)21(26)17-6-7-20(22-15-17)25-11-3-10-23-25/h2-7,10-11,14-15,18H,8-9,12-13H2,1H3. The van der Waals surface area contributed by atoms with Crippen LogP contribution in [0.3, 0.4) is 0 Å². The fraction of sp³-hybridized carbons (Fsp3) is 0.286. The highest BCUT2D eigenvalue weighted by Gasteiger charge is 2.25. The number of likely N-dealkylation sites (tertiary alicyclic amines) is 1. The van der Waals surface area contributed by atoms with Gasteiger partial charge in [-0.1, -0.05) is 12.1 Å². The van der Waals surface area contributed by atoms with Gasteiger partial charge in [-0.3, -0.25) is 4.79 Å². The summed E-state index contributed by atoms with van der Waals surface area (Å²) in [5, 5.41) is 4.14. The molecule has 2 aromatic heterocycles. The highest BCUT2D eigenvalue weighted by Crippen LogP contribution is 2.21. The molecule has 138 valence electrons. The molecule has 1 saturated heterocycles. The van der Waals surface area contributed by atoms with Gasteiger partial charge in [0.05, 0.1) is 5.56 Å². The van der Waals surface area contributed by atoms with Gasteiger partial charge in [0.15, 0.2) is 5.82 Å². The second-order valence-electron chi connectivity index (χ2n) is 6.78. The van der Waals surface area contributed by atoms with Crippen LogP contribution in [0.15, 0.2) is 61.1 Å². The second kappa shape index (κ2) is 7.61. The number of pyridine rings is 1. The van der Waals surface area contributed by atoms with Gasteiger partial charge in [0.2, 0.25) is 0 Å². The summed E-state index contributed by atoms with van der Waals surface area (Å²) in [4.78, 5) is 18.9. The third kappa shape index (κ3) is 4.00. The number of hydrogen-bond acceptors (Lipinski definition) is 4. The Hall–Kier alpha value is -3.15. The molecular weight excluding hydrogens is 340 g/mol.